The van der Waals surface area contributed by atoms with Crippen LogP contribution in [0.15, 0.2) is 47.5 Å². The van der Waals surface area contributed by atoms with Crippen LogP contribution < -0.4 is 0 Å². The van der Waals surface area contributed by atoms with Crippen molar-refractivity contribution in [1.82, 2.24) is 0 Å². The van der Waals surface area contributed by atoms with E-state index in [1.54, 1.807) is 22.3 Å². The van der Waals surface area contributed by atoms with Crippen molar-refractivity contribution >= 4 is 12.2 Å². The van der Waals surface area contributed by atoms with Gasteiger partial charge >= 0.3 is 190 Å². The van der Waals surface area contributed by atoms with Gasteiger partial charge < -0.3 is 0 Å². The van der Waals surface area contributed by atoms with Crippen molar-refractivity contribution < 1.29 is 22.9 Å². The van der Waals surface area contributed by atoms with Gasteiger partial charge in [-0.2, -0.15) is 0 Å². The van der Waals surface area contributed by atoms with Crippen LogP contribution in [-0.4, -0.2) is 0 Å². The fourth-order valence-electron chi connectivity index (χ4n) is 5.02. The summed E-state index contributed by atoms with van der Waals surface area (Å²) in [4.78, 5) is 0. The van der Waals surface area contributed by atoms with Gasteiger partial charge in [0, 0.05) is 0 Å². The van der Waals surface area contributed by atoms with Gasteiger partial charge in [-0.1, -0.05) is 0 Å². The number of hydrogen-bond donors (Lipinski definition) is 0. The number of fused-ring (bicyclic) bond motifs is 2. The van der Waals surface area contributed by atoms with Gasteiger partial charge in [0.25, 0.3) is 0 Å². The Kier molecular flexibility index (Phi) is 5.21. The van der Waals surface area contributed by atoms with Crippen LogP contribution in [0.4, 0.5) is 0 Å². The second kappa shape index (κ2) is 7.19. The maximum absolute atomic E-state index is 2.51. The summed E-state index contributed by atoms with van der Waals surface area (Å²) in [5, 5.41) is 0. The van der Waals surface area contributed by atoms with Crippen LogP contribution in [0.5, 0.6) is 0 Å². The number of hydrogen-bond acceptors (Lipinski definition) is 0. The van der Waals surface area contributed by atoms with Crippen molar-refractivity contribution in [2.45, 2.75) is 73.6 Å². The SMILES string of the molecule is CC1=Cc2c(cccc2C(C)(C)C)[CH]1[Hf][CH]1C(C)=Cc2c1cccc2C(C)(C)C. The Hall–Kier alpha value is -1.21. The van der Waals surface area contributed by atoms with Crippen LogP contribution in [0.25, 0.3) is 12.2 Å². The monoisotopic (exact) mass is 550 g/mol. The zero-order valence-corrected chi connectivity index (χ0v) is 22.9. The molecule has 2 aliphatic rings. The third-order valence-corrected chi connectivity index (χ3v) is 14.4. The van der Waals surface area contributed by atoms with Gasteiger partial charge in [0.1, 0.15) is 0 Å². The summed E-state index contributed by atoms with van der Waals surface area (Å²) in [6, 6.07) is 14.1. The van der Waals surface area contributed by atoms with E-state index < -0.39 is 22.9 Å². The average Bonchev–Trinajstić information content (AvgIpc) is 3.10. The van der Waals surface area contributed by atoms with Gasteiger partial charge in [0.2, 0.25) is 0 Å². The molecule has 0 aliphatic heterocycles. The van der Waals surface area contributed by atoms with Crippen LogP contribution in [0.3, 0.4) is 0 Å². The molecule has 0 amide bonds. The Morgan fingerprint density at radius 3 is 1.34 bits per heavy atom. The first-order valence-corrected chi connectivity index (χ1v) is 15.0. The standard InChI is InChI=1S/2C14H17.Hf/c2*1-10-8-11-6-5-7-13(12(11)9-10)14(2,3)4;/h2*5-9H,1-4H3;. The molecule has 0 fully saturated rings. The summed E-state index contributed by atoms with van der Waals surface area (Å²) in [6.07, 6.45) is 5.02. The molecule has 29 heavy (non-hydrogen) atoms. The molecular weight excluding hydrogens is 515 g/mol. The van der Waals surface area contributed by atoms with E-state index in [0.717, 1.165) is 0 Å². The summed E-state index contributed by atoms with van der Waals surface area (Å²) in [5.74, 6) is 0. The van der Waals surface area contributed by atoms with E-state index in [0.29, 0.717) is 7.35 Å². The van der Waals surface area contributed by atoms with E-state index >= 15 is 0 Å². The van der Waals surface area contributed by atoms with Gasteiger partial charge in [-0.05, 0) is 0 Å². The fraction of sp³-hybridized carbons (Fsp3) is 0.429. The van der Waals surface area contributed by atoms with Crippen molar-refractivity contribution in [3.8, 4) is 0 Å². The van der Waals surface area contributed by atoms with E-state index in [2.05, 4.69) is 104 Å². The molecule has 0 saturated carbocycles. The Balaban J connectivity index is 1.73. The normalized spacial score (nSPS) is 20.8. The molecule has 2 aliphatic carbocycles. The van der Waals surface area contributed by atoms with Crippen LogP contribution in [0.2, 0.25) is 0 Å². The molecule has 0 nitrogen and oxygen atoms in total. The van der Waals surface area contributed by atoms with E-state index in [4.69, 9.17) is 0 Å². The van der Waals surface area contributed by atoms with Crippen LogP contribution in [-0.2, 0) is 33.7 Å². The zero-order valence-electron chi connectivity index (χ0n) is 19.3. The minimum atomic E-state index is -1.03. The third-order valence-electron chi connectivity index (χ3n) is 6.51. The summed E-state index contributed by atoms with van der Waals surface area (Å²) in [7, 11) is 0. The number of benzene rings is 2. The molecule has 0 saturated heterocycles. The van der Waals surface area contributed by atoms with E-state index in [1.807, 2.05) is 0 Å². The molecule has 2 aromatic carbocycles. The Labute approximate surface area is 188 Å². The first-order valence-electron chi connectivity index (χ1n) is 10.9. The molecule has 150 valence electrons. The summed E-state index contributed by atoms with van der Waals surface area (Å²) in [6.45, 7) is 18.8. The number of rotatable bonds is 2. The molecule has 0 aromatic heterocycles. The van der Waals surface area contributed by atoms with Gasteiger partial charge in [0.15, 0.2) is 0 Å². The Morgan fingerprint density at radius 1 is 0.621 bits per heavy atom. The molecule has 0 heterocycles. The molecule has 2 aromatic rings. The summed E-state index contributed by atoms with van der Waals surface area (Å²) >= 11 is -1.03. The summed E-state index contributed by atoms with van der Waals surface area (Å²) in [5.41, 5.74) is 12.9. The predicted molar refractivity (Wildman–Crippen MR) is 123 cm³/mol. The van der Waals surface area contributed by atoms with Crippen molar-refractivity contribution in [3.05, 3.63) is 80.9 Å². The Bertz CT molecular complexity index is 938. The molecule has 0 radical (unpaired) electrons. The van der Waals surface area contributed by atoms with Crippen LogP contribution >= 0.6 is 0 Å². The molecule has 2 unspecified atom stereocenters. The molecular formula is C28H34Hf. The molecule has 4 rings (SSSR count). The van der Waals surface area contributed by atoms with Crippen molar-refractivity contribution in [2.75, 3.05) is 0 Å². The first kappa shape index (κ1) is 21.0. The molecule has 1 heteroatoms. The Morgan fingerprint density at radius 2 is 1.00 bits per heavy atom. The molecule has 0 spiro atoms. The van der Waals surface area contributed by atoms with Crippen molar-refractivity contribution in [3.63, 3.8) is 0 Å². The molecule has 2 atom stereocenters. The van der Waals surface area contributed by atoms with E-state index in [1.165, 1.54) is 22.3 Å². The minimum absolute atomic E-state index is 0.197. The predicted octanol–water partition coefficient (Wildman–Crippen LogP) is 7.98. The second-order valence-corrected chi connectivity index (χ2v) is 16.3. The second-order valence-electron chi connectivity index (χ2n) is 10.9. The maximum atomic E-state index is 2.51. The fourth-order valence-corrected chi connectivity index (χ4v) is 11.8. The van der Waals surface area contributed by atoms with Gasteiger partial charge in [-0.3, -0.25) is 0 Å². The molecule has 0 N–H and O–H groups in total. The van der Waals surface area contributed by atoms with Crippen molar-refractivity contribution in [2.24, 2.45) is 0 Å². The zero-order chi connectivity index (χ0) is 21.1. The quantitative estimate of drug-likeness (QED) is 0.334. The number of allylic oxidation sites excluding steroid dienone is 2. The van der Waals surface area contributed by atoms with Gasteiger partial charge in [-0.15, -0.1) is 0 Å². The summed E-state index contributed by atoms with van der Waals surface area (Å²) < 4.78 is 1.43. The first-order chi connectivity index (χ1) is 13.5. The average molecular weight is 549 g/mol. The van der Waals surface area contributed by atoms with E-state index in [9.17, 15) is 0 Å². The van der Waals surface area contributed by atoms with Gasteiger partial charge in [0.05, 0.1) is 0 Å². The van der Waals surface area contributed by atoms with Crippen LogP contribution in [0.1, 0.15) is 96.1 Å². The topological polar surface area (TPSA) is 0 Å². The van der Waals surface area contributed by atoms with E-state index in [-0.39, 0.29) is 10.8 Å². The van der Waals surface area contributed by atoms with Crippen molar-refractivity contribution in [1.29, 1.82) is 0 Å². The van der Waals surface area contributed by atoms with Gasteiger partial charge in [-0.25, -0.2) is 0 Å². The van der Waals surface area contributed by atoms with Crippen LogP contribution in [0, 0.1) is 0 Å². The molecule has 0 bridgehead atoms. The third kappa shape index (κ3) is 3.69.